The third-order valence-corrected chi connectivity index (χ3v) is 1.60. The molecule has 10 heteroatoms. The third-order valence-electron chi connectivity index (χ3n) is 1.60. The smallest absolute Gasteiger partial charge is 0.285 e. The van der Waals surface area contributed by atoms with Crippen molar-refractivity contribution >= 4 is 0 Å². The van der Waals surface area contributed by atoms with Crippen LogP contribution in [0.5, 0.6) is 0 Å². The molecule has 0 fully saturated rings. The monoisotopic (exact) mass is 272 g/mol. The van der Waals surface area contributed by atoms with Gasteiger partial charge in [-0.15, -0.1) is 0 Å². The fraction of sp³-hybridized carbons (Fsp3) is 0.250. The summed E-state index contributed by atoms with van der Waals surface area (Å²) in [5.74, 6) is 0. The number of rotatable bonds is 0. The average Bonchev–Trinajstić information content (AvgIpc) is 2.91. The van der Waals surface area contributed by atoms with Gasteiger partial charge in [0.15, 0.2) is 5.69 Å². The summed E-state index contributed by atoms with van der Waals surface area (Å²) in [4.78, 5) is 0. The van der Waals surface area contributed by atoms with Crippen LogP contribution < -0.4 is 0 Å². The molecule has 0 spiro atoms. The lowest BCUT2D eigenvalue weighted by Gasteiger charge is -1.99. The normalized spacial score (nSPS) is 11.9. The first-order valence-corrected chi connectivity index (χ1v) is 4.35. The Hall–Kier alpha value is -2.00. The minimum atomic E-state index is -4.32. The molecule has 0 amide bonds. The predicted molar refractivity (Wildman–Crippen MR) is 47.2 cm³/mol. The van der Waals surface area contributed by atoms with E-state index in [9.17, 15) is 26.3 Å². The van der Waals surface area contributed by atoms with Crippen LogP contribution in [0.1, 0.15) is 11.4 Å². The van der Waals surface area contributed by atoms with Gasteiger partial charge in [0.05, 0.1) is 0 Å². The lowest BCUT2D eigenvalue weighted by atomic mass is 10.4. The number of hydrogen-bond donors (Lipinski definition) is 2. The summed E-state index contributed by atoms with van der Waals surface area (Å²) < 4.78 is 69.3. The number of aromatic nitrogens is 4. The van der Waals surface area contributed by atoms with Crippen LogP contribution in [0.2, 0.25) is 0 Å². The van der Waals surface area contributed by atoms with Gasteiger partial charge in [0, 0.05) is 12.4 Å². The molecule has 4 nitrogen and oxygen atoms in total. The Kier molecular flexibility index (Phi) is 3.99. The maximum Gasteiger partial charge on any atom is 0.435 e. The first kappa shape index (κ1) is 14.1. The van der Waals surface area contributed by atoms with Crippen molar-refractivity contribution < 1.29 is 26.3 Å². The summed E-state index contributed by atoms with van der Waals surface area (Å²) in [5, 5.41) is 9.95. The van der Waals surface area contributed by atoms with E-state index in [4.69, 9.17) is 0 Å². The van der Waals surface area contributed by atoms with Crippen LogP contribution in [0, 0.1) is 0 Å². The van der Waals surface area contributed by atoms with Gasteiger partial charge in [-0.1, -0.05) is 0 Å². The maximum absolute atomic E-state index is 11.5. The van der Waals surface area contributed by atoms with E-state index in [1.165, 1.54) is 0 Å². The van der Waals surface area contributed by atoms with E-state index in [-0.39, 0.29) is 0 Å². The van der Waals surface area contributed by atoms with Gasteiger partial charge in [-0.2, -0.15) is 36.5 Å². The molecule has 0 bridgehead atoms. The van der Waals surface area contributed by atoms with Crippen molar-refractivity contribution in [3.63, 3.8) is 0 Å². The van der Waals surface area contributed by atoms with Crippen LogP contribution in [-0.2, 0) is 12.4 Å². The van der Waals surface area contributed by atoms with Gasteiger partial charge in [0.25, 0.3) is 0 Å². The zero-order chi connectivity index (χ0) is 13.8. The van der Waals surface area contributed by atoms with Gasteiger partial charge >= 0.3 is 12.4 Å². The highest BCUT2D eigenvalue weighted by Crippen LogP contribution is 2.26. The van der Waals surface area contributed by atoms with Crippen molar-refractivity contribution in [3.8, 4) is 0 Å². The summed E-state index contributed by atoms with van der Waals surface area (Å²) in [5.41, 5.74) is -1.70. The zero-order valence-corrected chi connectivity index (χ0v) is 8.47. The molecule has 2 N–H and O–H groups in total. The molecule has 0 aliphatic heterocycles. The fourth-order valence-corrected chi connectivity index (χ4v) is 0.832. The number of aromatic amines is 2. The Labute approximate surface area is 96.0 Å². The van der Waals surface area contributed by atoms with Gasteiger partial charge in [-0.25, -0.2) is 0 Å². The minimum Gasteiger partial charge on any atom is -0.285 e. The number of hydrogen-bond acceptors (Lipinski definition) is 2. The summed E-state index contributed by atoms with van der Waals surface area (Å²) in [6.45, 7) is 0. The predicted octanol–water partition coefficient (Wildman–Crippen LogP) is 2.86. The van der Waals surface area contributed by atoms with Crippen LogP contribution in [-0.4, -0.2) is 20.4 Å². The van der Waals surface area contributed by atoms with E-state index in [0.717, 1.165) is 24.5 Å². The molecule has 2 rings (SSSR count). The van der Waals surface area contributed by atoms with E-state index in [1.54, 1.807) is 5.10 Å². The number of halogens is 6. The molecule has 0 aliphatic carbocycles. The molecular weight excluding hydrogens is 266 g/mol. The van der Waals surface area contributed by atoms with Gasteiger partial charge in [-0.3, -0.25) is 10.2 Å². The highest BCUT2D eigenvalue weighted by Gasteiger charge is 2.32. The highest BCUT2D eigenvalue weighted by atomic mass is 19.4. The largest absolute Gasteiger partial charge is 0.435 e. The van der Waals surface area contributed by atoms with Crippen LogP contribution in [0.4, 0.5) is 26.3 Å². The molecule has 0 radical (unpaired) electrons. The Morgan fingerprint density at radius 3 is 1.83 bits per heavy atom. The lowest BCUT2D eigenvalue weighted by Crippen LogP contribution is -2.04. The Balaban J connectivity index is 0.000000180. The molecule has 0 saturated carbocycles. The maximum atomic E-state index is 11.5. The van der Waals surface area contributed by atoms with Crippen molar-refractivity contribution in [2.45, 2.75) is 12.4 Å². The molecule has 0 unspecified atom stereocenters. The van der Waals surface area contributed by atoms with Crippen molar-refractivity contribution in [2.24, 2.45) is 0 Å². The lowest BCUT2D eigenvalue weighted by molar-refractivity contribution is -0.142. The molecule has 100 valence electrons. The highest BCUT2D eigenvalue weighted by molar-refractivity contribution is 5.01. The molecule has 18 heavy (non-hydrogen) atoms. The molecule has 0 aromatic carbocycles. The molecule has 2 aromatic rings. The molecule has 2 aromatic heterocycles. The van der Waals surface area contributed by atoms with Gasteiger partial charge in [0.2, 0.25) is 0 Å². The van der Waals surface area contributed by atoms with Crippen molar-refractivity contribution in [2.75, 3.05) is 0 Å². The molecule has 0 atom stereocenters. The molecular formula is C8H6F6N4. The zero-order valence-electron chi connectivity index (χ0n) is 8.47. The number of alkyl halides is 6. The van der Waals surface area contributed by atoms with Crippen LogP contribution in [0.15, 0.2) is 24.5 Å². The SMILES string of the molecule is FC(F)(F)c1cc[nH]n1.FC(F)(F)c1ccn[nH]1. The van der Waals surface area contributed by atoms with Gasteiger partial charge in [-0.05, 0) is 12.1 Å². The first-order valence-electron chi connectivity index (χ1n) is 4.35. The van der Waals surface area contributed by atoms with Crippen molar-refractivity contribution in [1.82, 2.24) is 20.4 Å². The standard InChI is InChI=1S/2C4H3F3N2/c2*5-4(6,7)3-1-2-8-9-3/h2*1-2H,(H,8,9). The Bertz CT molecular complexity index is 397. The van der Waals surface area contributed by atoms with E-state index in [1.807, 2.05) is 0 Å². The number of H-pyrrole nitrogens is 2. The topological polar surface area (TPSA) is 57.4 Å². The van der Waals surface area contributed by atoms with E-state index >= 15 is 0 Å². The molecule has 2 heterocycles. The van der Waals surface area contributed by atoms with Crippen LogP contribution in [0.25, 0.3) is 0 Å². The van der Waals surface area contributed by atoms with E-state index < -0.39 is 23.7 Å². The van der Waals surface area contributed by atoms with Crippen molar-refractivity contribution in [1.29, 1.82) is 0 Å². The number of nitrogens with zero attached hydrogens (tertiary/aromatic N) is 2. The summed E-state index contributed by atoms with van der Waals surface area (Å²) in [7, 11) is 0. The quantitative estimate of drug-likeness (QED) is 0.724. The second-order valence-corrected chi connectivity index (χ2v) is 2.93. The summed E-state index contributed by atoms with van der Waals surface area (Å²) in [6.07, 6.45) is -6.43. The number of nitrogens with one attached hydrogen (secondary N) is 2. The fourth-order valence-electron chi connectivity index (χ4n) is 0.832. The van der Waals surface area contributed by atoms with Crippen LogP contribution >= 0.6 is 0 Å². The molecule has 0 saturated heterocycles. The first-order chi connectivity index (χ1) is 8.21. The van der Waals surface area contributed by atoms with E-state index in [2.05, 4.69) is 15.3 Å². The Morgan fingerprint density at radius 1 is 0.944 bits per heavy atom. The summed E-state index contributed by atoms with van der Waals surface area (Å²) in [6, 6.07) is 1.75. The second kappa shape index (κ2) is 5.10. The van der Waals surface area contributed by atoms with Gasteiger partial charge < -0.3 is 0 Å². The third kappa shape index (κ3) is 4.11. The minimum absolute atomic E-state index is 0.817. The average molecular weight is 272 g/mol. The van der Waals surface area contributed by atoms with Gasteiger partial charge in [0.1, 0.15) is 5.69 Å². The van der Waals surface area contributed by atoms with Crippen LogP contribution in [0.3, 0.4) is 0 Å². The summed E-state index contributed by atoms with van der Waals surface area (Å²) >= 11 is 0. The Morgan fingerprint density at radius 2 is 1.61 bits per heavy atom. The second-order valence-electron chi connectivity index (χ2n) is 2.93. The van der Waals surface area contributed by atoms with Crippen molar-refractivity contribution in [3.05, 3.63) is 35.9 Å². The van der Waals surface area contributed by atoms with E-state index in [0.29, 0.717) is 0 Å². The molecule has 0 aliphatic rings.